The summed E-state index contributed by atoms with van der Waals surface area (Å²) in [6.45, 7) is 13.4. The molecule has 0 saturated carbocycles. The Morgan fingerprint density at radius 3 is 1.17 bits per heavy atom. The highest BCUT2D eigenvalue weighted by atomic mass is 16.6. The highest BCUT2D eigenvalue weighted by Crippen LogP contribution is 2.57. The summed E-state index contributed by atoms with van der Waals surface area (Å²) >= 11 is 0. The van der Waals surface area contributed by atoms with Crippen molar-refractivity contribution in [1.29, 1.82) is 0 Å². The minimum absolute atomic E-state index is 0.0241. The summed E-state index contributed by atoms with van der Waals surface area (Å²) in [7, 11) is 4.80. The van der Waals surface area contributed by atoms with Crippen LogP contribution in [0.5, 0.6) is 17.2 Å². The van der Waals surface area contributed by atoms with Crippen LogP contribution in [-0.4, -0.2) is 131 Å². The molecular weight excluding hydrogens is 1310 g/mol. The second-order valence-corrected chi connectivity index (χ2v) is 27.7. The van der Waals surface area contributed by atoms with Crippen LogP contribution in [0.4, 0.5) is 0 Å². The number of rotatable bonds is 40. The number of likely N-dealkylation sites (tertiary alicyclic amines) is 2. The summed E-state index contributed by atoms with van der Waals surface area (Å²) in [4.78, 5) is 96.8. The van der Waals surface area contributed by atoms with Crippen molar-refractivity contribution in [3.8, 4) is 17.2 Å². The van der Waals surface area contributed by atoms with E-state index in [1.807, 2.05) is 153 Å². The van der Waals surface area contributed by atoms with Crippen LogP contribution in [0.25, 0.3) is 0 Å². The number of ether oxygens (including phenoxy) is 8. The van der Waals surface area contributed by atoms with E-state index in [1.54, 1.807) is 55.4 Å². The second-order valence-electron chi connectivity index (χ2n) is 27.7. The van der Waals surface area contributed by atoms with Crippen molar-refractivity contribution in [3.05, 3.63) is 197 Å². The molecule has 19 nitrogen and oxygen atoms in total. The van der Waals surface area contributed by atoms with Crippen molar-refractivity contribution >= 4 is 41.4 Å². The number of hydrogen-bond acceptors (Lipinski definition) is 15. The molecule has 3 unspecified atom stereocenters. The third kappa shape index (κ3) is 19.1. The average Bonchev–Trinajstić information content (AvgIpc) is 1.53. The van der Waals surface area contributed by atoms with Gasteiger partial charge in [0.25, 0.3) is 0 Å². The largest absolute Gasteiger partial charge is 0.497 e. The molecule has 1 N–H and O–H groups in total. The smallest absolute Gasteiger partial charge is 0.339 e. The molecule has 3 amide bonds. The lowest BCUT2D eigenvalue weighted by molar-refractivity contribution is -0.244. The molecule has 6 aromatic carbocycles. The fourth-order valence-corrected chi connectivity index (χ4v) is 14.6. The van der Waals surface area contributed by atoms with Gasteiger partial charge in [-0.05, 0) is 110 Å². The number of methoxy groups -OCH3 is 3. The minimum atomic E-state index is -1.23. The number of Topliss-reactive ketones (excluding diaryl/α,β-unsaturated/α-hetero) is 1. The van der Waals surface area contributed by atoms with Crippen molar-refractivity contribution in [3.63, 3.8) is 0 Å². The predicted molar refractivity (Wildman–Crippen MR) is 392 cm³/mol. The van der Waals surface area contributed by atoms with Crippen molar-refractivity contribution in [1.82, 2.24) is 14.7 Å². The van der Waals surface area contributed by atoms with Gasteiger partial charge in [-0.3, -0.25) is 19.2 Å². The minimum Gasteiger partial charge on any atom is -0.497 e. The Morgan fingerprint density at radius 2 is 0.835 bits per heavy atom. The van der Waals surface area contributed by atoms with Gasteiger partial charge in [-0.15, -0.1) is 0 Å². The van der Waals surface area contributed by atoms with Crippen LogP contribution >= 0.6 is 0 Å². The maximum Gasteiger partial charge on any atom is 0.339 e. The Balaban J connectivity index is 0.000000196. The third-order valence-corrected chi connectivity index (χ3v) is 20.8. The number of benzene rings is 6. The Labute approximate surface area is 608 Å². The Hall–Kier alpha value is -8.91. The quantitative estimate of drug-likeness (QED) is 0.0214. The van der Waals surface area contributed by atoms with Gasteiger partial charge < -0.3 is 57.7 Å². The first-order valence-electron chi connectivity index (χ1n) is 36.7. The summed E-state index contributed by atoms with van der Waals surface area (Å²) in [6.07, 6.45) is 14.1. The van der Waals surface area contributed by atoms with E-state index in [9.17, 15) is 38.7 Å². The highest BCUT2D eigenvalue weighted by molar-refractivity contribution is 6.03. The zero-order valence-corrected chi connectivity index (χ0v) is 61.8. The van der Waals surface area contributed by atoms with E-state index in [-0.39, 0.29) is 74.3 Å². The van der Waals surface area contributed by atoms with Gasteiger partial charge in [0.15, 0.2) is 17.2 Å². The number of carboxylic acid groups (broad SMARTS) is 1. The molecule has 4 saturated heterocycles. The van der Waals surface area contributed by atoms with E-state index < -0.39 is 46.1 Å². The van der Waals surface area contributed by atoms with Crippen LogP contribution in [0.1, 0.15) is 171 Å². The number of hydrogen-bond donors (Lipinski definition) is 1. The number of fused-ring (bicyclic) bond motifs is 2. The molecule has 4 heterocycles. The fourth-order valence-electron chi connectivity index (χ4n) is 14.6. The normalized spacial score (nSPS) is 21.2. The van der Waals surface area contributed by atoms with Gasteiger partial charge >= 0.3 is 17.9 Å². The number of nitrogens with zero attached hydrogens (tertiary/aromatic N) is 3. The van der Waals surface area contributed by atoms with Gasteiger partial charge in [0, 0.05) is 19.6 Å². The van der Waals surface area contributed by atoms with Crippen molar-refractivity contribution in [2.75, 3.05) is 41.2 Å². The standard InChI is InChI=1S/C28H37NO6.2C28H35NO5/c1-4-5-6-10-13-25(21(2)30)27(31)29(18-22-14-16-24(34-3)17-15-22)26(28(32)33)20-35-19-23-11-8-7-9-12-23;2*1-4-5-6-10-13-24-25(30)29(18-21-14-16-23(32-3)17-15-21)28(26(31)34-27(24,28)2)20-33-19-22-11-8-7-9-12-22/h7-9,11-12,14-17,25-26H,4-6,10,13,18-20H2,1-3H3,(H,32,33);2*7-9,11-12,14-17,24H,4-6,10,13,18-20H2,1-3H3/t25?,26-;2*24-,27+,28?/m011/s1. The van der Waals surface area contributed by atoms with E-state index in [1.165, 1.54) is 11.8 Å². The lowest BCUT2D eigenvalue weighted by Crippen LogP contribution is -2.76. The summed E-state index contributed by atoms with van der Waals surface area (Å²) in [6, 6.07) is 50.2. The average molecular weight is 1410 g/mol. The van der Waals surface area contributed by atoms with Crippen LogP contribution in [0.2, 0.25) is 0 Å². The van der Waals surface area contributed by atoms with Gasteiger partial charge in [0.05, 0.1) is 78.7 Å². The topological polar surface area (TPSA) is 223 Å². The lowest BCUT2D eigenvalue weighted by atomic mass is 9.70. The molecule has 8 atom stereocenters. The summed E-state index contributed by atoms with van der Waals surface area (Å²) in [5.41, 5.74) is 1.54. The van der Waals surface area contributed by atoms with E-state index in [0.717, 1.165) is 122 Å². The first kappa shape index (κ1) is 79.8. The molecule has 103 heavy (non-hydrogen) atoms. The SMILES string of the molecule is CCCCCCC(C(C)=O)C(=O)N(Cc1ccc(OC)cc1)[C@@H](COCc1ccccc1)C(=O)O.CCCCCC[C@@H]1C(=O)N(Cc2ccc(OC)cc2)C2(COCc3ccccc3)C(=O)O[C@@]12C.CCCCCC[C@@H]1C(=O)N(Cc2ccc(OC)cc2)C2(COCc3ccccc3)C(=O)O[C@@]12C. The molecular formula is C84H107N3O16. The molecule has 0 aromatic heterocycles. The number of esters is 2. The Kier molecular flexibility index (Phi) is 29.9. The Morgan fingerprint density at radius 1 is 0.476 bits per heavy atom. The zero-order chi connectivity index (χ0) is 74.0. The van der Waals surface area contributed by atoms with Gasteiger partial charge in [-0.1, -0.05) is 225 Å². The van der Waals surface area contributed by atoms with Crippen LogP contribution in [-0.2, 0) is 96.7 Å². The first-order chi connectivity index (χ1) is 49.8. The lowest BCUT2D eigenvalue weighted by Gasteiger charge is -2.54. The van der Waals surface area contributed by atoms with Crippen molar-refractivity contribution in [2.24, 2.45) is 17.8 Å². The third-order valence-electron chi connectivity index (χ3n) is 20.8. The molecule has 0 bridgehead atoms. The molecule has 10 rings (SSSR count). The summed E-state index contributed by atoms with van der Waals surface area (Å²) in [5, 5.41) is 10.0. The van der Waals surface area contributed by atoms with Crippen LogP contribution in [0.15, 0.2) is 164 Å². The van der Waals surface area contributed by atoms with Crippen molar-refractivity contribution < 1.29 is 76.6 Å². The van der Waals surface area contributed by atoms with Gasteiger partial charge in [-0.25, -0.2) is 14.4 Å². The second kappa shape index (κ2) is 38.6. The highest BCUT2D eigenvalue weighted by Gasteiger charge is 2.81. The number of unbranched alkanes of at least 4 members (excludes halogenated alkanes) is 9. The first-order valence-corrected chi connectivity index (χ1v) is 36.7. The fraction of sp³-hybridized carbons (Fsp3) is 0.488. The predicted octanol–water partition coefficient (Wildman–Crippen LogP) is 14.7. The molecule has 0 spiro atoms. The molecule has 4 aliphatic heterocycles. The van der Waals surface area contributed by atoms with Gasteiger partial charge in [0.1, 0.15) is 23.0 Å². The Bertz CT molecular complexity index is 3510. The van der Waals surface area contributed by atoms with Crippen LogP contribution < -0.4 is 14.2 Å². The molecule has 4 aliphatic rings. The number of carboxylic acids is 1. The van der Waals surface area contributed by atoms with E-state index in [4.69, 9.17) is 37.9 Å². The number of amides is 3. The molecule has 4 fully saturated rings. The van der Waals surface area contributed by atoms with Crippen LogP contribution in [0.3, 0.4) is 0 Å². The summed E-state index contributed by atoms with van der Waals surface area (Å²) < 4.78 is 45.2. The van der Waals surface area contributed by atoms with Gasteiger partial charge in [0.2, 0.25) is 28.8 Å². The van der Waals surface area contributed by atoms with E-state index in [2.05, 4.69) is 20.8 Å². The molecule has 19 heteroatoms. The molecule has 0 aliphatic carbocycles. The van der Waals surface area contributed by atoms with Crippen molar-refractivity contribution in [2.45, 2.75) is 206 Å². The number of carbonyl (C=O) groups excluding carboxylic acids is 6. The number of ketones is 1. The maximum atomic E-state index is 13.8. The molecule has 0 radical (unpaired) electrons. The van der Waals surface area contributed by atoms with Crippen LogP contribution in [0, 0.1) is 17.8 Å². The van der Waals surface area contributed by atoms with E-state index in [0.29, 0.717) is 51.3 Å². The maximum absolute atomic E-state index is 13.8. The summed E-state index contributed by atoms with van der Waals surface area (Å²) in [5.74, 6) is -2.13. The van der Waals surface area contributed by atoms with E-state index >= 15 is 0 Å². The molecule has 554 valence electrons. The number of aliphatic carboxylic acids is 1. The number of carbonyl (C=O) groups is 7. The molecule has 6 aromatic rings. The van der Waals surface area contributed by atoms with Gasteiger partial charge in [-0.2, -0.15) is 0 Å². The monoisotopic (exact) mass is 1410 g/mol. The zero-order valence-electron chi connectivity index (χ0n) is 61.8.